The molecule has 1 fully saturated rings. The van der Waals surface area contributed by atoms with Crippen LogP contribution in [0.5, 0.6) is 0 Å². The number of hydrogen-bond acceptors (Lipinski definition) is 3. The van der Waals surface area contributed by atoms with Gasteiger partial charge in [0.1, 0.15) is 17.4 Å². The fraction of sp³-hybridized carbons (Fsp3) is 0.421. The lowest BCUT2D eigenvalue weighted by molar-refractivity contribution is 0.370. The van der Waals surface area contributed by atoms with E-state index < -0.39 is 5.82 Å². The average molecular weight is 490 g/mol. The maximum absolute atomic E-state index is 14.0. The molecular weight excluding hydrogens is 465 g/mol. The van der Waals surface area contributed by atoms with Gasteiger partial charge in [-0.1, -0.05) is 0 Å². The second-order valence-electron chi connectivity index (χ2n) is 6.13. The Balaban J connectivity index is 0.00000261. The van der Waals surface area contributed by atoms with Crippen LogP contribution < -0.4 is 10.2 Å². The number of piperazine rings is 1. The van der Waals surface area contributed by atoms with Crippen LogP contribution in [-0.4, -0.2) is 50.1 Å². The van der Waals surface area contributed by atoms with Gasteiger partial charge in [0.25, 0.3) is 0 Å². The molecule has 3 rings (SSSR count). The fourth-order valence-electron chi connectivity index (χ4n) is 3.04. The molecule has 0 spiro atoms. The Morgan fingerprint density at radius 1 is 1.19 bits per heavy atom. The fourth-order valence-corrected chi connectivity index (χ4v) is 3.04. The molecule has 0 atom stereocenters. The Morgan fingerprint density at radius 2 is 1.96 bits per heavy atom. The highest BCUT2D eigenvalue weighted by molar-refractivity contribution is 14.0. The summed E-state index contributed by atoms with van der Waals surface area (Å²) < 4.78 is 32.7. The summed E-state index contributed by atoms with van der Waals surface area (Å²) in [4.78, 5) is 8.69. The van der Waals surface area contributed by atoms with E-state index in [4.69, 9.17) is 4.42 Å². The predicted octanol–water partition coefficient (Wildman–Crippen LogP) is 3.51. The molecule has 1 aromatic heterocycles. The lowest BCUT2D eigenvalue weighted by Gasteiger charge is -2.37. The Hall–Kier alpha value is -1.84. The van der Waals surface area contributed by atoms with E-state index in [-0.39, 0.29) is 29.8 Å². The van der Waals surface area contributed by atoms with Crippen molar-refractivity contribution in [2.75, 3.05) is 44.2 Å². The minimum absolute atomic E-state index is 0. The molecule has 0 unspecified atom stereocenters. The summed E-state index contributed by atoms with van der Waals surface area (Å²) in [6.45, 7) is 6.06. The third-order valence-electron chi connectivity index (χ3n) is 4.36. The molecule has 5 nitrogen and oxygen atoms in total. The van der Waals surface area contributed by atoms with Crippen LogP contribution in [0.3, 0.4) is 0 Å². The molecule has 0 bridgehead atoms. The van der Waals surface area contributed by atoms with E-state index in [0.29, 0.717) is 38.4 Å². The van der Waals surface area contributed by atoms with E-state index in [1.807, 2.05) is 24.0 Å². The number of hydrogen-bond donors (Lipinski definition) is 1. The zero-order chi connectivity index (χ0) is 18.4. The van der Waals surface area contributed by atoms with Crippen molar-refractivity contribution in [1.29, 1.82) is 0 Å². The Morgan fingerprint density at radius 3 is 2.63 bits per heavy atom. The monoisotopic (exact) mass is 490 g/mol. The van der Waals surface area contributed by atoms with Crippen LogP contribution in [0.2, 0.25) is 0 Å². The molecule has 1 aromatic carbocycles. The van der Waals surface area contributed by atoms with E-state index in [1.165, 1.54) is 12.1 Å². The molecule has 27 heavy (non-hydrogen) atoms. The number of anilines is 1. The van der Waals surface area contributed by atoms with Crippen molar-refractivity contribution >= 4 is 35.6 Å². The smallest absolute Gasteiger partial charge is 0.194 e. The summed E-state index contributed by atoms with van der Waals surface area (Å²) in [6, 6.07) is 7.39. The molecule has 1 aliphatic heterocycles. The molecule has 0 aliphatic carbocycles. The van der Waals surface area contributed by atoms with E-state index in [1.54, 1.807) is 6.26 Å². The van der Waals surface area contributed by atoms with Gasteiger partial charge in [0.2, 0.25) is 0 Å². The van der Waals surface area contributed by atoms with E-state index in [2.05, 4.69) is 15.2 Å². The summed E-state index contributed by atoms with van der Waals surface area (Å²) in [5.41, 5.74) is 0.324. The van der Waals surface area contributed by atoms with E-state index >= 15 is 0 Å². The van der Waals surface area contributed by atoms with Gasteiger partial charge in [-0.25, -0.2) is 8.78 Å². The number of aliphatic imine (C=N–C) groups is 1. The molecular formula is C19H25F2IN4O. The van der Waals surface area contributed by atoms with Crippen molar-refractivity contribution in [3.63, 3.8) is 0 Å². The second-order valence-corrected chi connectivity index (χ2v) is 6.13. The van der Waals surface area contributed by atoms with Crippen molar-refractivity contribution in [2.45, 2.75) is 13.3 Å². The van der Waals surface area contributed by atoms with Gasteiger partial charge in [-0.3, -0.25) is 4.99 Å². The molecule has 2 aromatic rings. The minimum Gasteiger partial charge on any atom is -0.469 e. The van der Waals surface area contributed by atoms with Gasteiger partial charge in [0.05, 0.1) is 12.0 Å². The van der Waals surface area contributed by atoms with Crippen LogP contribution in [0.15, 0.2) is 46.0 Å². The molecule has 1 N–H and O–H groups in total. The highest BCUT2D eigenvalue weighted by Crippen LogP contribution is 2.21. The van der Waals surface area contributed by atoms with Gasteiger partial charge >= 0.3 is 0 Å². The number of furan rings is 1. The first-order valence-electron chi connectivity index (χ1n) is 8.93. The van der Waals surface area contributed by atoms with E-state index in [9.17, 15) is 8.78 Å². The Labute approximate surface area is 175 Å². The van der Waals surface area contributed by atoms with Crippen molar-refractivity contribution in [2.24, 2.45) is 4.99 Å². The van der Waals surface area contributed by atoms with Gasteiger partial charge in [-0.2, -0.15) is 0 Å². The maximum Gasteiger partial charge on any atom is 0.194 e. The third-order valence-corrected chi connectivity index (χ3v) is 4.36. The van der Waals surface area contributed by atoms with Gasteiger partial charge in [0.15, 0.2) is 5.96 Å². The van der Waals surface area contributed by atoms with Crippen LogP contribution in [0.25, 0.3) is 0 Å². The largest absolute Gasteiger partial charge is 0.469 e. The maximum atomic E-state index is 14.0. The molecule has 8 heteroatoms. The average Bonchev–Trinajstić information content (AvgIpc) is 3.17. The number of rotatable bonds is 5. The highest BCUT2D eigenvalue weighted by Gasteiger charge is 2.22. The van der Waals surface area contributed by atoms with Crippen LogP contribution in [0.1, 0.15) is 12.7 Å². The zero-order valence-corrected chi connectivity index (χ0v) is 17.7. The Kier molecular flexibility index (Phi) is 8.33. The van der Waals surface area contributed by atoms with Crippen LogP contribution in [0.4, 0.5) is 14.5 Å². The molecule has 148 valence electrons. The molecule has 0 radical (unpaired) electrons. The summed E-state index contributed by atoms with van der Waals surface area (Å²) in [6.07, 6.45) is 2.41. The zero-order valence-electron chi connectivity index (χ0n) is 15.3. The lowest BCUT2D eigenvalue weighted by atomic mass is 10.2. The first kappa shape index (κ1) is 21.5. The SMILES string of the molecule is CCNC(=NCCc1ccco1)N1CCN(c2cc(F)ccc2F)CC1.I. The van der Waals surface area contributed by atoms with Crippen molar-refractivity contribution in [3.8, 4) is 0 Å². The summed E-state index contributed by atoms with van der Waals surface area (Å²) in [5.74, 6) is 0.949. The number of nitrogens with zero attached hydrogens (tertiary/aromatic N) is 3. The molecule has 1 aliphatic rings. The number of halogens is 3. The van der Waals surface area contributed by atoms with Crippen molar-refractivity contribution in [3.05, 3.63) is 54.0 Å². The number of nitrogens with one attached hydrogen (secondary N) is 1. The van der Waals surface area contributed by atoms with Crippen LogP contribution in [0, 0.1) is 11.6 Å². The number of guanidine groups is 1. The highest BCUT2D eigenvalue weighted by atomic mass is 127. The van der Waals surface area contributed by atoms with Crippen molar-refractivity contribution < 1.29 is 13.2 Å². The van der Waals surface area contributed by atoms with Crippen LogP contribution in [-0.2, 0) is 6.42 Å². The second kappa shape index (κ2) is 10.5. The van der Waals surface area contributed by atoms with E-state index in [0.717, 1.165) is 30.8 Å². The standard InChI is InChI=1S/C19H24F2N4O.HI/c1-2-22-19(23-8-7-16-4-3-13-26-16)25-11-9-24(10-12-25)18-14-15(20)5-6-17(18)21;/h3-6,13-14H,2,7-12H2,1H3,(H,22,23);1H. The number of benzene rings is 1. The Bertz CT molecular complexity index is 731. The molecule has 2 heterocycles. The molecule has 0 amide bonds. The summed E-state index contributed by atoms with van der Waals surface area (Å²) in [5, 5.41) is 3.30. The minimum atomic E-state index is -0.420. The lowest BCUT2D eigenvalue weighted by Crippen LogP contribution is -2.52. The topological polar surface area (TPSA) is 44.0 Å². The first-order chi connectivity index (χ1) is 12.7. The van der Waals surface area contributed by atoms with Gasteiger partial charge in [-0.15, -0.1) is 24.0 Å². The summed E-state index contributed by atoms with van der Waals surface area (Å²) in [7, 11) is 0. The van der Waals surface area contributed by atoms with Gasteiger partial charge in [0, 0.05) is 51.8 Å². The van der Waals surface area contributed by atoms with Crippen LogP contribution >= 0.6 is 24.0 Å². The predicted molar refractivity (Wildman–Crippen MR) is 114 cm³/mol. The molecule has 0 saturated carbocycles. The normalized spacial score (nSPS) is 14.9. The van der Waals surface area contributed by atoms with Gasteiger partial charge < -0.3 is 19.5 Å². The first-order valence-corrected chi connectivity index (χ1v) is 8.93. The summed E-state index contributed by atoms with van der Waals surface area (Å²) >= 11 is 0. The van der Waals surface area contributed by atoms with Crippen molar-refractivity contribution in [1.82, 2.24) is 10.2 Å². The molecule has 1 saturated heterocycles. The quantitative estimate of drug-likeness (QED) is 0.396. The third kappa shape index (κ3) is 5.82. The van der Waals surface area contributed by atoms with Gasteiger partial charge in [-0.05, 0) is 31.2 Å².